The Morgan fingerprint density at radius 2 is 2.22 bits per heavy atom. The van der Waals surface area contributed by atoms with E-state index in [0.717, 1.165) is 31.5 Å². The van der Waals surface area contributed by atoms with Crippen molar-refractivity contribution < 1.29 is 0 Å². The minimum absolute atomic E-state index is 0.736. The van der Waals surface area contributed by atoms with E-state index in [1.165, 1.54) is 22.6 Å². The first-order valence-corrected chi connectivity index (χ1v) is 9.92. The van der Waals surface area contributed by atoms with E-state index in [0.29, 0.717) is 0 Å². The van der Waals surface area contributed by atoms with E-state index in [-0.39, 0.29) is 0 Å². The van der Waals surface area contributed by atoms with Crippen LogP contribution in [0.2, 0.25) is 0 Å². The standard InChI is InChI=1S/C18H23N3S2/c1-19-18(20-11-15-8-10-22-13-15)21-9-7-16(12-21)14-23-17-5-3-2-4-6-17/h2-6,8,10,13,16H,7,9,11-12,14H2,1H3,(H,19,20). The van der Waals surface area contributed by atoms with Crippen molar-refractivity contribution in [1.82, 2.24) is 10.2 Å². The first-order valence-electron chi connectivity index (χ1n) is 7.99. The van der Waals surface area contributed by atoms with Crippen LogP contribution in [0.3, 0.4) is 0 Å². The number of nitrogens with one attached hydrogen (secondary N) is 1. The van der Waals surface area contributed by atoms with Crippen molar-refractivity contribution in [3.05, 3.63) is 52.7 Å². The summed E-state index contributed by atoms with van der Waals surface area (Å²) in [5, 5.41) is 7.79. The molecule has 5 heteroatoms. The summed E-state index contributed by atoms with van der Waals surface area (Å²) in [6, 6.07) is 12.8. The highest BCUT2D eigenvalue weighted by molar-refractivity contribution is 7.99. The molecule has 0 spiro atoms. The highest BCUT2D eigenvalue weighted by atomic mass is 32.2. The number of aliphatic imine (C=N–C) groups is 1. The molecular formula is C18H23N3S2. The first kappa shape index (κ1) is 16.4. The Morgan fingerprint density at radius 3 is 2.96 bits per heavy atom. The summed E-state index contributed by atoms with van der Waals surface area (Å²) >= 11 is 3.70. The molecule has 0 amide bonds. The van der Waals surface area contributed by atoms with Crippen LogP contribution >= 0.6 is 23.1 Å². The van der Waals surface area contributed by atoms with Crippen molar-refractivity contribution in [2.75, 3.05) is 25.9 Å². The summed E-state index contributed by atoms with van der Waals surface area (Å²) in [5.41, 5.74) is 1.33. The summed E-state index contributed by atoms with van der Waals surface area (Å²) in [6.45, 7) is 3.06. The maximum absolute atomic E-state index is 4.45. The summed E-state index contributed by atoms with van der Waals surface area (Å²) in [4.78, 5) is 8.21. The second kappa shape index (κ2) is 8.41. The summed E-state index contributed by atoms with van der Waals surface area (Å²) in [5.74, 6) is 2.95. The Hall–Kier alpha value is -1.46. The smallest absolute Gasteiger partial charge is 0.193 e. The van der Waals surface area contributed by atoms with Gasteiger partial charge in [0.15, 0.2) is 5.96 Å². The van der Waals surface area contributed by atoms with Gasteiger partial charge in [-0.2, -0.15) is 11.3 Å². The number of nitrogens with zero attached hydrogens (tertiary/aromatic N) is 2. The number of thioether (sulfide) groups is 1. The van der Waals surface area contributed by atoms with E-state index in [1.54, 1.807) is 11.3 Å². The van der Waals surface area contributed by atoms with Gasteiger partial charge in [-0.25, -0.2) is 0 Å². The quantitative estimate of drug-likeness (QED) is 0.505. The van der Waals surface area contributed by atoms with Crippen LogP contribution in [-0.2, 0) is 6.54 Å². The lowest BCUT2D eigenvalue weighted by molar-refractivity contribution is 0.474. The molecule has 1 saturated heterocycles. The molecule has 1 atom stereocenters. The van der Waals surface area contributed by atoms with Gasteiger partial charge in [-0.3, -0.25) is 4.99 Å². The molecular weight excluding hydrogens is 322 g/mol. The molecule has 0 radical (unpaired) electrons. The Kier molecular flexibility index (Phi) is 6.00. The number of hydrogen-bond donors (Lipinski definition) is 1. The van der Waals surface area contributed by atoms with Gasteiger partial charge in [0.2, 0.25) is 0 Å². The third kappa shape index (κ3) is 4.75. The van der Waals surface area contributed by atoms with Crippen LogP contribution < -0.4 is 5.32 Å². The summed E-state index contributed by atoms with van der Waals surface area (Å²) in [6.07, 6.45) is 1.25. The second-order valence-corrected chi connectivity index (χ2v) is 7.63. The number of rotatable bonds is 5. The fourth-order valence-corrected chi connectivity index (χ4v) is 4.52. The average molecular weight is 346 g/mol. The van der Waals surface area contributed by atoms with Crippen LogP contribution in [0.5, 0.6) is 0 Å². The van der Waals surface area contributed by atoms with Crippen molar-refractivity contribution in [3.8, 4) is 0 Å². The monoisotopic (exact) mass is 345 g/mol. The maximum Gasteiger partial charge on any atom is 0.193 e. The molecule has 122 valence electrons. The normalized spacial score (nSPS) is 18.4. The van der Waals surface area contributed by atoms with Gasteiger partial charge in [-0.05, 0) is 46.9 Å². The van der Waals surface area contributed by atoms with E-state index >= 15 is 0 Å². The van der Waals surface area contributed by atoms with Crippen molar-refractivity contribution >= 4 is 29.1 Å². The molecule has 0 saturated carbocycles. The van der Waals surface area contributed by atoms with Crippen molar-refractivity contribution in [3.63, 3.8) is 0 Å². The van der Waals surface area contributed by atoms with Gasteiger partial charge >= 0.3 is 0 Å². The first-order chi connectivity index (χ1) is 11.3. The van der Waals surface area contributed by atoms with Gasteiger partial charge < -0.3 is 10.2 Å². The molecule has 1 N–H and O–H groups in total. The van der Waals surface area contributed by atoms with E-state index < -0.39 is 0 Å². The minimum Gasteiger partial charge on any atom is -0.352 e. The van der Waals surface area contributed by atoms with E-state index in [2.05, 4.69) is 62.4 Å². The number of thiophene rings is 1. The van der Waals surface area contributed by atoms with Gasteiger partial charge in [0.05, 0.1) is 0 Å². The number of likely N-dealkylation sites (tertiary alicyclic amines) is 1. The maximum atomic E-state index is 4.45. The molecule has 3 nitrogen and oxygen atoms in total. The Balaban J connectivity index is 1.46. The zero-order chi connectivity index (χ0) is 15.9. The highest BCUT2D eigenvalue weighted by Crippen LogP contribution is 2.25. The van der Waals surface area contributed by atoms with Gasteiger partial charge in [0.1, 0.15) is 0 Å². The van der Waals surface area contributed by atoms with Gasteiger partial charge in [-0.15, -0.1) is 11.8 Å². The summed E-state index contributed by atoms with van der Waals surface area (Å²) in [7, 11) is 1.88. The number of benzene rings is 1. The molecule has 2 heterocycles. The largest absolute Gasteiger partial charge is 0.352 e. The number of guanidine groups is 1. The van der Waals surface area contributed by atoms with Crippen molar-refractivity contribution in [2.45, 2.75) is 17.9 Å². The molecule has 23 heavy (non-hydrogen) atoms. The lowest BCUT2D eigenvalue weighted by atomic mass is 10.2. The Bertz CT molecular complexity index is 610. The van der Waals surface area contributed by atoms with E-state index in [4.69, 9.17) is 0 Å². The minimum atomic E-state index is 0.736. The van der Waals surface area contributed by atoms with Gasteiger partial charge in [0, 0.05) is 37.3 Å². The number of hydrogen-bond acceptors (Lipinski definition) is 3. The van der Waals surface area contributed by atoms with E-state index in [9.17, 15) is 0 Å². The van der Waals surface area contributed by atoms with Gasteiger partial charge in [0.25, 0.3) is 0 Å². The SMILES string of the molecule is CN=C(NCc1ccsc1)N1CCC(CSc2ccccc2)C1. The van der Waals surface area contributed by atoms with Gasteiger partial charge in [-0.1, -0.05) is 18.2 Å². The molecule has 2 aromatic rings. The molecule has 1 aliphatic rings. The fraction of sp³-hybridized carbons (Fsp3) is 0.389. The third-order valence-electron chi connectivity index (χ3n) is 4.06. The van der Waals surface area contributed by atoms with Crippen LogP contribution in [0.1, 0.15) is 12.0 Å². The van der Waals surface area contributed by atoms with Crippen molar-refractivity contribution in [1.29, 1.82) is 0 Å². The van der Waals surface area contributed by atoms with Crippen molar-refractivity contribution in [2.24, 2.45) is 10.9 Å². The zero-order valence-electron chi connectivity index (χ0n) is 13.4. The Labute approximate surface area is 146 Å². The molecule has 3 rings (SSSR count). The predicted octanol–water partition coefficient (Wildman–Crippen LogP) is 3.94. The fourth-order valence-electron chi connectivity index (χ4n) is 2.80. The summed E-state index contributed by atoms with van der Waals surface area (Å²) < 4.78 is 0. The molecule has 0 bridgehead atoms. The van der Waals surface area contributed by atoms with Crippen LogP contribution in [-0.4, -0.2) is 36.7 Å². The van der Waals surface area contributed by atoms with Crippen LogP contribution in [0.25, 0.3) is 0 Å². The molecule has 1 unspecified atom stereocenters. The molecule has 0 aliphatic carbocycles. The molecule has 1 fully saturated rings. The second-order valence-electron chi connectivity index (χ2n) is 5.76. The lowest BCUT2D eigenvalue weighted by Gasteiger charge is -2.21. The molecule has 1 aromatic heterocycles. The van der Waals surface area contributed by atoms with Crippen LogP contribution in [0.4, 0.5) is 0 Å². The topological polar surface area (TPSA) is 27.6 Å². The van der Waals surface area contributed by atoms with Crippen LogP contribution in [0, 0.1) is 5.92 Å². The lowest BCUT2D eigenvalue weighted by Crippen LogP contribution is -2.39. The van der Waals surface area contributed by atoms with Crippen LogP contribution in [0.15, 0.2) is 57.0 Å². The zero-order valence-corrected chi connectivity index (χ0v) is 15.1. The highest BCUT2D eigenvalue weighted by Gasteiger charge is 2.24. The average Bonchev–Trinajstić information content (AvgIpc) is 3.26. The molecule has 1 aromatic carbocycles. The predicted molar refractivity (Wildman–Crippen MR) is 101 cm³/mol. The Morgan fingerprint density at radius 1 is 1.35 bits per heavy atom. The third-order valence-corrected chi connectivity index (χ3v) is 6.03. The van der Waals surface area contributed by atoms with E-state index in [1.807, 2.05) is 18.8 Å². The molecule has 1 aliphatic heterocycles.